The van der Waals surface area contributed by atoms with Gasteiger partial charge in [-0.2, -0.15) is 0 Å². The minimum Gasteiger partial charge on any atom is -0.469 e. The Morgan fingerprint density at radius 3 is 2.85 bits per heavy atom. The molecular formula is C9H8ClFO2. The van der Waals surface area contributed by atoms with E-state index >= 15 is 0 Å². The highest BCUT2D eigenvalue weighted by Gasteiger charge is 2.05. The van der Waals surface area contributed by atoms with Crippen molar-refractivity contribution in [2.45, 2.75) is 6.42 Å². The zero-order valence-electron chi connectivity index (χ0n) is 7.01. The molecule has 0 unspecified atom stereocenters. The van der Waals surface area contributed by atoms with E-state index in [1.54, 1.807) is 0 Å². The topological polar surface area (TPSA) is 26.3 Å². The molecule has 1 aromatic carbocycles. The highest BCUT2D eigenvalue weighted by Crippen LogP contribution is 2.16. The van der Waals surface area contributed by atoms with Crippen LogP contribution in [-0.4, -0.2) is 13.1 Å². The maximum atomic E-state index is 12.7. The molecule has 0 aliphatic carbocycles. The van der Waals surface area contributed by atoms with Crippen molar-refractivity contribution in [1.82, 2.24) is 0 Å². The summed E-state index contributed by atoms with van der Waals surface area (Å²) in [6.45, 7) is 0. The molecule has 13 heavy (non-hydrogen) atoms. The summed E-state index contributed by atoms with van der Waals surface area (Å²) in [5.41, 5.74) is 0.637. The number of rotatable bonds is 2. The van der Waals surface area contributed by atoms with E-state index in [0.29, 0.717) is 5.56 Å². The maximum absolute atomic E-state index is 12.7. The quantitative estimate of drug-likeness (QED) is 0.688. The summed E-state index contributed by atoms with van der Waals surface area (Å²) in [5, 5.41) is 0.0152. The number of benzene rings is 1. The molecule has 0 bridgehead atoms. The van der Waals surface area contributed by atoms with Crippen LogP contribution in [0.2, 0.25) is 5.02 Å². The smallest absolute Gasteiger partial charge is 0.309 e. The molecule has 2 nitrogen and oxygen atoms in total. The first-order chi connectivity index (χ1) is 6.13. The molecule has 1 rings (SSSR count). The van der Waals surface area contributed by atoms with Gasteiger partial charge in [-0.15, -0.1) is 0 Å². The molecule has 0 saturated carbocycles. The van der Waals surface area contributed by atoms with E-state index in [9.17, 15) is 9.18 Å². The second-order valence-corrected chi connectivity index (χ2v) is 2.91. The van der Waals surface area contributed by atoms with Gasteiger partial charge in [-0.25, -0.2) is 4.39 Å². The van der Waals surface area contributed by atoms with Crippen molar-refractivity contribution < 1.29 is 13.9 Å². The Balaban J connectivity index is 2.79. The van der Waals surface area contributed by atoms with Crippen LogP contribution in [0.1, 0.15) is 5.56 Å². The van der Waals surface area contributed by atoms with E-state index in [4.69, 9.17) is 11.6 Å². The highest BCUT2D eigenvalue weighted by atomic mass is 35.5. The second-order valence-electron chi connectivity index (χ2n) is 2.50. The maximum Gasteiger partial charge on any atom is 0.309 e. The van der Waals surface area contributed by atoms with E-state index < -0.39 is 5.82 Å². The van der Waals surface area contributed by atoms with Crippen molar-refractivity contribution in [1.29, 1.82) is 0 Å². The Morgan fingerprint density at radius 1 is 1.62 bits per heavy atom. The number of ether oxygens (including phenoxy) is 1. The fourth-order valence-corrected chi connectivity index (χ4v) is 1.09. The van der Waals surface area contributed by atoms with Gasteiger partial charge in [0.25, 0.3) is 0 Å². The molecule has 0 fully saturated rings. The number of halogens is 2. The second kappa shape index (κ2) is 4.23. The summed E-state index contributed by atoms with van der Waals surface area (Å²) in [6, 6.07) is 4.13. The molecule has 0 N–H and O–H groups in total. The van der Waals surface area contributed by atoms with E-state index in [1.807, 2.05) is 0 Å². The summed E-state index contributed by atoms with van der Waals surface area (Å²) in [5.74, 6) is -0.863. The van der Waals surface area contributed by atoms with Gasteiger partial charge >= 0.3 is 5.97 Å². The van der Waals surface area contributed by atoms with Crippen LogP contribution in [0, 0.1) is 5.82 Å². The van der Waals surface area contributed by atoms with Crippen molar-refractivity contribution in [2.75, 3.05) is 7.11 Å². The fraction of sp³-hybridized carbons (Fsp3) is 0.222. The molecule has 0 aliphatic rings. The monoisotopic (exact) mass is 202 g/mol. The Labute approximate surface area is 80.3 Å². The molecule has 70 valence electrons. The lowest BCUT2D eigenvalue weighted by Gasteiger charge is -2.00. The van der Waals surface area contributed by atoms with Crippen molar-refractivity contribution in [2.24, 2.45) is 0 Å². The number of carbonyl (C=O) groups is 1. The Bertz CT molecular complexity index is 325. The van der Waals surface area contributed by atoms with E-state index in [-0.39, 0.29) is 17.4 Å². The largest absolute Gasteiger partial charge is 0.469 e. The van der Waals surface area contributed by atoms with Crippen LogP contribution in [-0.2, 0) is 16.0 Å². The van der Waals surface area contributed by atoms with Crippen LogP contribution in [0.4, 0.5) is 4.39 Å². The van der Waals surface area contributed by atoms with Crippen LogP contribution < -0.4 is 0 Å². The standard InChI is InChI=1S/C9H8ClFO2/c1-13-9(12)5-6-2-3-8(11)7(10)4-6/h2-4H,5H2,1H3. The molecule has 4 heteroatoms. The number of carbonyl (C=O) groups excluding carboxylic acids is 1. The van der Waals surface area contributed by atoms with E-state index in [0.717, 1.165) is 0 Å². The van der Waals surface area contributed by atoms with Gasteiger partial charge in [0, 0.05) is 0 Å². The first kappa shape index (κ1) is 9.99. The molecule has 0 spiro atoms. The lowest BCUT2D eigenvalue weighted by molar-refractivity contribution is -0.139. The van der Waals surface area contributed by atoms with Crippen molar-refractivity contribution in [3.8, 4) is 0 Å². The Morgan fingerprint density at radius 2 is 2.31 bits per heavy atom. The first-order valence-corrected chi connectivity index (χ1v) is 4.02. The first-order valence-electron chi connectivity index (χ1n) is 3.64. The summed E-state index contributed by atoms with van der Waals surface area (Å²) in [6.07, 6.45) is 0.108. The van der Waals surface area contributed by atoms with Gasteiger partial charge in [-0.05, 0) is 17.7 Å². The molecule has 0 radical (unpaired) electrons. The minimum absolute atomic E-state index is 0.0152. The van der Waals surface area contributed by atoms with Gasteiger partial charge in [-0.1, -0.05) is 17.7 Å². The van der Waals surface area contributed by atoms with Crippen molar-refractivity contribution in [3.63, 3.8) is 0 Å². The number of hydrogen-bond acceptors (Lipinski definition) is 2. The normalized spacial score (nSPS) is 9.77. The van der Waals surface area contributed by atoms with Crippen molar-refractivity contribution >= 4 is 17.6 Å². The minimum atomic E-state index is -0.490. The van der Waals surface area contributed by atoms with Gasteiger partial charge in [0.2, 0.25) is 0 Å². The average molecular weight is 203 g/mol. The summed E-state index contributed by atoms with van der Waals surface area (Å²) in [4.78, 5) is 10.8. The molecular weight excluding hydrogens is 195 g/mol. The van der Waals surface area contributed by atoms with Gasteiger partial charge < -0.3 is 4.74 Å². The molecule has 0 amide bonds. The summed E-state index contributed by atoms with van der Waals surface area (Å²) in [7, 11) is 1.30. The Hall–Kier alpha value is -1.09. The molecule has 0 atom stereocenters. The molecule has 0 heterocycles. The van der Waals surface area contributed by atoms with Crippen molar-refractivity contribution in [3.05, 3.63) is 34.6 Å². The van der Waals surface area contributed by atoms with Gasteiger partial charge in [-0.3, -0.25) is 4.79 Å². The summed E-state index contributed by atoms with van der Waals surface area (Å²) < 4.78 is 17.1. The highest BCUT2D eigenvalue weighted by molar-refractivity contribution is 6.30. The predicted octanol–water partition coefficient (Wildman–Crippen LogP) is 2.19. The van der Waals surface area contributed by atoms with Crippen LogP contribution in [0.5, 0.6) is 0 Å². The number of methoxy groups -OCH3 is 1. The van der Waals surface area contributed by atoms with Crippen LogP contribution >= 0.6 is 11.6 Å². The predicted molar refractivity (Wildman–Crippen MR) is 47.1 cm³/mol. The molecule has 0 saturated heterocycles. The Kier molecular flexibility index (Phi) is 3.25. The van der Waals surface area contributed by atoms with Crippen LogP contribution in [0.15, 0.2) is 18.2 Å². The average Bonchev–Trinajstić information content (AvgIpc) is 2.11. The van der Waals surface area contributed by atoms with Crippen LogP contribution in [0.25, 0.3) is 0 Å². The van der Waals surface area contributed by atoms with Gasteiger partial charge in [0.1, 0.15) is 5.82 Å². The van der Waals surface area contributed by atoms with Gasteiger partial charge in [0.15, 0.2) is 0 Å². The van der Waals surface area contributed by atoms with Crippen LogP contribution in [0.3, 0.4) is 0 Å². The summed E-state index contributed by atoms with van der Waals surface area (Å²) >= 11 is 5.51. The fourth-order valence-electron chi connectivity index (χ4n) is 0.888. The number of hydrogen-bond donors (Lipinski definition) is 0. The van der Waals surface area contributed by atoms with E-state index in [2.05, 4.69) is 4.74 Å². The third-order valence-corrected chi connectivity index (χ3v) is 1.85. The molecule has 0 aliphatic heterocycles. The lowest BCUT2D eigenvalue weighted by Crippen LogP contribution is -2.04. The zero-order chi connectivity index (χ0) is 9.84. The lowest BCUT2D eigenvalue weighted by atomic mass is 10.1. The van der Waals surface area contributed by atoms with Gasteiger partial charge in [0.05, 0.1) is 18.6 Å². The third-order valence-electron chi connectivity index (χ3n) is 1.56. The number of esters is 1. The molecule has 0 aromatic heterocycles. The van der Waals surface area contributed by atoms with E-state index in [1.165, 1.54) is 25.3 Å². The zero-order valence-corrected chi connectivity index (χ0v) is 7.77. The SMILES string of the molecule is COC(=O)Cc1ccc(F)c(Cl)c1. The molecule has 1 aromatic rings. The third kappa shape index (κ3) is 2.70.